The first kappa shape index (κ1) is 15.0. The molecule has 3 aromatic heterocycles. The molecule has 0 spiro atoms. The molecule has 1 N–H and O–H groups in total. The Morgan fingerprint density at radius 2 is 2.32 bits per heavy atom. The van der Waals surface area contributed by atoms with Crippen LogP contribution >= 0.6 is 27.3 Å². The van der Waals surface area contributed by atoms with E-state index < -0.39 is 0 Å². The predicted octanol–water partition coefficient (Wildman–Crippen LogP) is 3.80. The summed E-state index contributed by atoms with van der Waals surface area (Å²) in [4.78, 5) is 17.4. The van der Waals surface area contributed by atoms with Crippen LogP contribution in [0.3, 0.4) is 0 Å². The number of carbonyl (C=O) groups is 1. The van der Waals surface area contributed by atoms with E-state index in [1.54, 1.807) is 23.5 Å². The highest BCUT2D eigenvalue weighted by atomic mass is 79.9. The monoisotopic (exact) mass is 375 g/mol. The summed E-state index contributed by atoms with van der Waals surface area (Å²) in [6, 6.07) is 7.92. The van der Waals surface area contributed by atoms with Crippen LogP contribution in [0.1, 0.15) is 16.1 Å². The Morgan fingerprint density at radius 3 is 3.05 bits per heavy atom. The van der Waals surface area contributed by atoms with Gasteiger partial charge in [0, 0.05) is 23.3 Å². The molecule has 4 nitrogen and oxygen atoms in total. The van der Waals surface area contributed by atoms with Gasteiger partial charge in [-0.15, -0.1) is 11.3 Å². The lowest BCUT2D eigenvalue weighted by molar-refractivity contribution is -0.116. The summed E-state index contributed by atoms with van der Waals surface area (Å²) in [6.07, 6.45) is 7.23. The van der Waals surface area contributed by atoms with Crippen molar-refractivity contribution in [1.82, 2.24) is 14.7 Å². The van der Waals surface area contributed by atoms with Gasteiger partial charge in [0.25, 0.3) is 0 Å². The van der Waals surface area contributed by atoms with Gasteiger partial charge in [-0.05, 0) is 52.7 Å². The minimum absolute atomic E-state index is 0.127. The van der Waals surface area contributed by atoms with Crippen molar-refractivity contribution in [3.8, 4) is 0 Å². The molecule has 3 rings (SSSR count). The Balaban J connectivity index is 1.62. The Labute approximate surface area is 140 Å². The number of nitrogens with one attached hydrogen (secondary N) is 1. The quantitative estimate of drug-likeness (QED) is 0.705. The summed E-state index contributed by atoms with van der Waals surface area (Å²) in [5.74, 6) is -0.127. The Morgan fingerprint density at radius 1 is 1.45 bits per heavy atom. The van der Waals surface area contributed by atoms with Gasteiger partial charge in [-0.2, -0.15) is 0 Å². The number of imidazole rings is 1. The molecule has 22 heavy (non-hydrogen) atoms. The molecule has 0 radical (unpaired) electrons. The third-order valence-electron chi connectivity index (χ3n) is 3.16. The number of hydrogen-bond acceptors (Lipinski definition) is 3. The molecule has 0 aliphatic carbocycles. The first-order valence-corrected chi connectivity index (χ1v) is 8.37. The smallest absolute Gasteiger partial charge is 0.244 e. The van der Waals surface area contributed by atoms with Crippen LogP contribution in [0, 0.1) is 6.92 Å². The van der Waals surface area contributed by atoms with E-state index in [0.29, 0.717) is 6.54 Å². The van der Waals surface area contributed by atoms with Gasteiger partial charge in [-0.1, -0.05) is 6.07 Å². The molecule has 6 heteroatoms. The zero-order valence-electron chi connectivity index (χ0n) is 11.9. The van der Waals surface area contributed by atoms with Crippen molar-refractivity contribution >= 4 is 44.9 Å². The van der Waals surface area contributed by atoms with Crippen LogP contribution in [0.2, 0.25) is 0 Å². The summed E-state index contributed by atoms with van der Waals surface area (Å²) in [7, 11) is 0. The number of thiophene rings is 1. The summed E-state index contributed by atoms with van der Waals surface area (Å²) in [5, 5.41) is 2.85. The molecular weight excluding hydrogens is 362 g/mol. The average molecular weight is 376 g/mol. The number of aromatic nitrogens is 2. The molecule has 1 amide bonds. The highest BCUT2D eigenvalue weighted by molar-refractivity contribution is 9.11. The van der Waals surface area contributed by atoms with Crippen LogP contribution in [0.25, 0.3) is 11.7 Å². The fraction of sp³-hybridized carbons (Fsp3) is 0.125. The number of nitrogens with zero attached hydrogens (tertiary/aromatic N) is 2. The standard InChI is InChI=1S/C16H14BrN3OS/c1-11-3-2-8-20-10-12(19-16(11)20)9-18-15(21)7-5-13-4-6-14(17)22-13/h2-8,10H,9H2,1H3,(H,18,21). The Hall–Kier alpha value is -1.92. The molecular formula is C16H14BrN3OS. The zero-order chi connectivity index (χ0) is 15.5. The van der Waals surface area contributed by atoms with Crippen LogP contribution in [-0.4, -0.2) is 15.3 Å². The highest BCUT2D eigenvalue weighted by Crippen LogP contribution is 2.22. The molecule has 0 fully saturated rings. The lowest BCUT2D eigenvalue weighted by atomic mass is 10.3. The number of aryl methyl sites for hydroxylation is 1. The topological polar surface area (TPSA) is 46.4 Å². The predicted molar refractivity (Wildman–Crippen MR) is 92.8 cm³/mol. The van der Waals surface area contributed by atoms with Gasteiger partial charge in [0.1, 0.15) is 5.65 Å². The van der Waals surface area contributed by atoms with E-state index in [2.05, 4.69) is 26.2 Å². The van der Waals surface area contributed by atoms with E-state index in [9.17, 15) is 4.79 Å². The first-order valence-electron chi connectivity index (χ1n) is 6.76. The maximum atomic E-state index is 11.8. The molecule has 0 aromatic carbocycles. The van der Waals surface area contributed by atoms with Crippen molar-refractivity contribution in [3.05, 3.63) is 62.7 Å². The van der Waals surface area contributed by atoms with E-state index in [1.165, 1.54) is 0 Å². The van der Waals surface area contributed by atoms with Gasteiger partial charge in [-0.25, -0.2) is 4.98 Å². The second-order valence-electron chi connectivity index (χ2n) is 4.85. The number of hydrogen-bond donors (Lipinski definition) is 1. The molecule has 0 aliphatic rings. The fourth-order valence-corrected chi connectivity index (χ4v) is 3.43. The number of carbonyl (C=O) groups excluding carboxylic acids is 1. The Kier molecular flexibility index (Phi) is 4.40. The van der Waals surface area contributed by atoms with E-state index in [1.807, 2.05) is 48.0 Å². The van der Waals surface area contributed by atoms with Gasteiger partial charge in [-0.3, -0.25) is 4.79 Å². The number of pyridine rings is 1. The van der Waals surface area contributed by atoms with Crippen LogP contribution in [0.15, 0.2) is 46.5 Å². The van der Waals surface area contributed by atoms with Gasteiger partial charge in [0.2, 0.25) is 5.91 Å². The van der Waals surface area contributed by atoms with Crippen molar-refractivity contribution < 1.29 is 4.79 Å². The van der Waals surface area contributed by atoms with E-state index in [4.69, 9.17) is 0 Å². The largest absolute Gasteiger partial charge is 0.347 e. The molecule has 0 aliphatic heterocycles. The molecule has 0 saturated heterocycles. The van der Waals surface area contributed by atoms with Crippen molar-refractivity contribution in [2.24, 2.45) is 0 Å². The highest BCUT2D eigenvalue weighted by Gasteiger charge is 2.04. The van der Waals surface area contributed by atoms with Crippen LogP contribution in [0.4, 0.5) is 0 Å². The van der Waals surface area contributed by atoms with Gasteiger partial charge in [0.05, 0.1) is 16.0 Å². The van der Waals surface area contributed by atoms with Crippen molar-refractivity contribution in [3.63, 3.8) is 0 Å². The second kappa shape index (κ2) is 6.46. The minimum atomic E-state index is -0.127. The van der Waals surface area contributed by atoms with E-state index >= 15 is 0 Å². The summed E-state index contributed by atoms with van der Waals surface area (Å²) >= 11 is 4.98. The summed E-state index contributed by atoms with van der Waals surface area (Å²) in [6.45, 7) is 2.44. The molecule has 3 aromatic rings. The Bertz CT molecular complexity index is 850. The molecule has 0 atom stereocenters. The first-order chi connectivity index (χ1) is 10.6. The second-order valence-corrected chi connectivity index (χ2v) is 7.34. The van der Waals surface area contributed by atoms with Crippen LogP contribution in [-0.2, 0) is 11.3 Å². The SMILES string of the molecule is Cc1cccn2cc(CNC(=O)C=Cc3ccc(Br)s3)nc12. The van der Waals surface area contributed by atoms with Crippen molar-refractivity contribution in [2.45, 2.75) is 13.5 Å². The molecule has 0 bridgehead atoms. The van der Waals surface area contributed by atoms with E-state index in [-0.39, 0.29) is 5.91 Å². The number of rotatable bonds is 4. The third kappa shape index (κ3) is 3.45. The fourth-order valence-electron chi connectivity index (χ4n) is 2.10. The maximum Gasteiger partial charge on any atom is 0.244 e. The normalized spacial score (nSPS) is 11.4. The molecule has 0 unspecified atom stereocenters. The van der Waals surface area contributed by atoms with Crippen molar-refractivity contribution in [2.75, 3.05) is 0 Å². The lowest BCUT2D eigenvalue weighted by Crippen LogP contribution is -2.20. The van der Waals surface area contributed by atoms with Crippen molar-refractivity contribution in [1.29, 1.82) is 0 Å². The molecule has 3 heterocycles. The number of halogens is 1. The third-order valence-corrected chi connectivity index (χ3v) is 4.75. The summed E-state index contributed by atoms with van der Waals surface area (Å²) in [5.41, 5.74) is 2.88. The lowest BCUT2D eigenvalue weighted by Gasteiger charge is -1.97. The zero-order valence-corrected chi connectivity index (χ0v) is 14.3. The van der Waals surface area contributed by atoms with Crippen LogP contribution < -0.4 is 5.32 Å². The van der Waals surface area contributed by atoms with Gasteiger partial charge >= 0.3 is 0 Å². The number of amides is 1. The minimum Gasteiger partial charge on any atom is -0.347 e. The molecule has 112 valence electrons. The van der Waals surface area contributed by atoms with Gasteiger partial charge < -0.3 is 9.72 Å². The van der Waals surface area contributed by atoms with E-state index in [0.717, 1.165) is 25.6 Å². The summed E-state index contributed by atoms with van der Waals surface area (Å²) < 4.78 is 3.02. The van der Waals surface area contributed by atoms with Crippen LogP contribution in [0.5, 0.6) is 0 Å². The average Bonchev–Trinajstić information content (AvgIpc) is 3.10. The van der Waals surface area contributed by atoms with Gasteiger partial charge in [0.15, 0.2) is 0 Å². The maximum absolute atomic E-state index is 11.8. The molecule has 0 saturated carbocycles. The number of fused-ring (bicyclic) bond motifs is 1.